The van der Waals surface area contributed by atoms with Crippen molar-refractivity contribution in [2.75, 3.05) is 10.6 Å². The zero-order chi connectivity index (χ0) is 22.2. The Morgan fingerprint density at radius 1 is 0.871 bits per heavy atom. The average Bonchev–Trinajstić information content (AvgIpc) is 2.75. The molecule has 7 nitrogen and oxygen atoms in total. The molecule has 0 heterocycles. The summed E-state index contributed by atoms with van der Waals surface area (Å²) in [7, 11) is 0. The van der Waals surface area contributed by atoms with Crippen LogP contribution in [0.2, 0.25) is 5.02 Å². The first-order valence-electron chi connectivity index (χ1n) is 9.29. The maximum absolute atomic E-state index is 12.6. The summed E-state index contributed by atoms with van der Waals surface area (Å²) in [5, 5.41) is 9.46. The van der Waals surface area contributed by atoms with Crippen LogP contribution in [0.15, 0.2) is 77.9 Å². The van der Waals surface area contributed by atoms with E-state index in [2.05, 4.69) is 21.2 Å². The molecule has 3 aromatic carbocycles. The smallest absolute Gasteiger partial charge is 0.322 e. The number of hydrazone groups is 1. The Balaban J connectivity index is 1.63. The normalized spacial score (nSPS) is 10.5. The van der Waals surface area contributed by atoms with Gasteiger partial charge in [0, 0.05) is 10.7 Å². The Morgan fingerprint density at radius 2 is 1.61 bits per heavy atom. The van der Waals surface area contributed by atoms with E-state index in [1.54, 1.807) is 54.6 Å². The topological polar surface area (TPSA) is 99.7 Å². The average molecular weight is 435 g/mol. The lowest BCUT2D eigenvalue weighted by molar-refractivity contribution is -0.136. The first-order chi connectivity index (χ1) is 14.9. The number of benzene rings is 3. The first-order valence-corrected chi connectivity index (χ1v) is 9.67. The monoisotopic (exact) mass is 434 g/mol. The number of hydrogen-bond acceptors (Lipinski definition) is 4. The van der Waals surface area contributed by atoms with Gasteiger partial charge in [-0.1, -0.05) is 53.6 Å². The fraction of sp³-hybridized carbons (Fsp3) is 0.0435. The van der Waals surface area contributed by atoms with E-state index in [1.807, 2.05) is 19.1 Å². The Bertz CT molecular complexity index is 1140. The van der Waals surface area contributed by atoms with Crippen molar-refractivity contribution in [3.05, 3.63) is 94.5 Å². The number of rotatable bonds is 5. The summed E-state index contributed by atoms with van der Waals surface area (Å²) < 4.78 is 0. The second-order valence-corrected chi connectivity index (χ2v) is 7.01. The third-order valence-electron chi connectivity index (χ3n) is 4.16. The number of amides is 3. The summed E-state index contributed by atoms with van der Waals surface area (Å²) in [6.45, 7) is 1.94. The molecule has 0 radical (unpaired) electrons. The number of halogens is 1. The van der Waals surface area contributed by atoms with Crippen LogP contribution < -0.4 is 16.1 Å². The van der Waals surface area contributed by atoms with Crippen molar-refractivity contribution in [3.8, 4) is 0 Å². The van der Waals surface area contributed by atoms with Gasteiger partial charge in [-0.05, 0) is 48.9 Å². The maximum atomic E-state index is 12.6. The van der Waals surface area contributed by atoms with Gasteiger partial charge >= 0.3 is 11.8 Å². The van der Waals surface area contributed by atoms with E-state index in [9.17, 15) is 14.4 Å². The summed E-state index contributed by atoms with van der Waals surface area (Å²) in [5.74, 6) is -2.36. The molecule has 0 aromatic heterocycles. The summed E-state index contributed by atoms with van der Waals surface area (Å²) in [4.78, 5) is 36.9. The van der Waals surface area contributed by atoms with E-state index in [-0.39, 0.29) is 11.3 Å². The minimum atomic E-state index is -0.980. The van der Waals surface area contributed by atoms with Crippen molar-refractivity contribution in [1.82, 2.24) is 5.43 Å². The quantitative estimate of drug-likeness (QED) is 0.321. The number of nitrogens with zero attached hydrogens (tertiary/aromatic N) is 1. The highest BCUT2D eigenvalue weighted by atomic mass is 35.5. The van der Waals surface area contributed by atoms with Crippen LogP contribution in [0.1, 0.15) is 21.5 Å². The van der Waals surface area contributed by atoms with E-state index in [0.717, 1.165) is 5.56 Å². The highest BCUT2D eigenvalue weighted by Crippen LogP contribution is 2.18. The SMILES string of the molecule is Cc1ccc(NC(=O)c2ccccc2NC(=O)C(=O)N/N=C\c2cccc(Cl)c2)cc1. The minimum Gasteiger partial charge on any atom is -0.322 e. The van der Waals surface area contributed by atoms with Gasteiger partial charge in [-0.3, -0.25) is 14.4 Å². The van der Waals surface area contributed by atoms with Crippen LogP contribution in [0.3, 0.4) is 0 Å². The Kier molecular flexibility index (Phi) is 7.13. The third-order valence-corrected chi connectivity index (χ3v) is 4.40. The molecule has 0 bridgehead atoms. The molecular weight excluding hydrogens is 416 g/mol. The number of aryl methyl sites for hydroxylation is 1. The number of nitrogens with one attached hydrogen (secondary N) is 3. The highest BCUT2D eigenvalue weighted by Gasteiger charge is 2.17. The van der Waals surface area contributed by atoms with Gasteiger partial charge in [-0.2, -0.15) is 5.10 Å². The molecule has 8 heteroatoms. The number of carbonyl (C=O) groups excluding carboxylic acids is 3. The maximum Gasteiger partial charge on any atom is 0.329 e. The molecule has 0 unspecified atom stereocenters. The van der Waals surface area contributed by atoms with Gasteiger partial charge in [-0.25, -0.2) is 5.43 Å². The van der Waals surface area contributed by atoms with Gasteiger partial charge in [0.1, 0.15) is 0 Å². The van der Waals surface area contributed by atoms with E-state index in [4.69, 9.17) is 11.6 Å². The largest absolute Gasteiger partial charge is 0.329 e. The summed E-state index contributed by atoms with van der Waals surface area (Å²) in [5.41, 5.74) is 4.89. The molecule has 0 aliphatic carbocycles. The van der Waals surface area contributed by atoms with E-state index < -0.39 is 17.7 Å². The lowest BCUT2D eigenvalue weighted by Gasteiger charge is -2.11. The molecule has 0 atom stereocenters. The van der Waals surface area contributed by atoms with Gasteiger partial charge in [0.05, 0.1) is 17.5 Å². The molecule has 0 aliphatic rings. The standard InChI is InChI=1S/C23H19ClN4O3/c1-15-9-11-18(12-10-15)26-21(29)19-7-2-3-8-20(19)27-22(30)23(31)28-25-14-16-5-4-6-17(24)13-16/h2-14H,1H3,(H,26,29)(H,27,30)(H,28,31)/b25-14-. The molecule has 156 valence electrons. The number of hydrogen-bond donors (Lipinski definition) is 3. The van der Waals surface area contributed by atoms with Crippen LogP contribution in [0.25, 0.3) is 0 Å². The predicted molar refractivity (Wildman–Crippen MR) is 121 cm³/mol. The van der Waals surface area contributed by atoms with Crippen molar-refractivity contribution in [2.45, 2.75) is 6.92 Å². The Morgan fingerprint density at radius 3 is 2.35 bits per heavy atom. The number of anilines is 2. The molecule has 3 rings (SSSR count). The fourth-order valence-corrected chi connectivity index (χ4v) is 2.81. The van der Waals surface area contributed by atoms with Crippen LogP contribution >= 0.6 is 11.6 Å². The van der Waals surface area contributed by atoms with Gasteiger partial charge in [-0.15, -0.1) is 0 Å². The Labute approximate surface area is 184 Å². The van der Waals surface area contributed by atoms with Gasteiger partial charge < -0.3 is 10.6 Å². The molecular formula is C23H19ClN4O3. The van der Waals surface area contributed by atoms with Crippen molar-refractivity contribution in [2.24, 2.45) is 5.10 Å². The van der Waals surface area contributed by atoms with Crippen LogP contribution in [-0.4, -0.2) is 23.9 Å². The molecule has 3 N–H and O–H groups in total. The molecule has 0 saturated carbocycles. The van der Waals surface area contributed by atoms with Crippen molar-refractivity contribution in [1.29, 1.82) is 0 Å². The zero-order valence-corrected chi connectivity index (χ0v) is 17.3. The summed E-state index contributed by atoms with van der Waals surface area (Å²) >= 11 is 5.88. The number of carbonyl (C=O) groups is 3. The fourth-order valence-electron chi connectivity index (χ4n) is 2.61. The van der Waals surface area contributed by atoms with Crippen LogP contribution in [-0.2, 0) is 9.59 Å². The van der Waals surface area contributed by atoms with Crippen molar-refractivity contribution < 1.29 is 14.4 Å². The zero-order valence-electron chi connectivity index (χ0n) is 16.6. The van der Waals surface area contributed by atoms with Gasteiger partial charge in [0.15, 0.2) is 0 Å². The molecule has 3 amide bonds. The van der Waals surface area contributed by atoms with Crippen molar-refractivity contribution >= 4 is 46.9 Å². The van der Waals surface area contributed by atoms with Crippen LogP contribution in [0, 0.1) is 6.92 Å². The van der Waals surface area contributed by atoms with E-state index in [1.165, 1.54) is 12.3 Å². The van der Waals surface area contributed by atoms with E-state index in [0.29, 0.717) is 16.3 Å². The minimum absolute atomic E-state index is 0.200. The molecule has 0 saturated heterocycles. The highest BCUT2D eigenvalue weighted by molar-refractivity contribution is 6.40. The van der Waals surface area contributed by atoms with Crippen molar-refractivity contribution in [3.63, 3.8) is 0 Å². The lowest BCUT2D eigenvalue weighted by atomic mass is 10.1. The van der Waals surface area contributed by atoms with Gasteiger partial charge in [0.2, 0.25) is 0 Å². The number of para-hydroxylation sites is 1. The van der Waals surface area contributed by atoms with E-state index >= 15 is 0 Å². The lowest BCUT2D eigenvalue weighted by Crippen LogP contribution is -2.33. The summed E-state index contributed by atoms with van der Waals surface area (Å²) in [6.07, 6.45) is 1.36. The Hall–Kier alpha value is -3.97. The predicted octanol–water partition coefficient (Wildman–Crippen LogP) is 3.99. The third kappa shape index (κ3) is 6.25. The molecule has 0 spiro atoms. The first kappa shape index (κ1) is 21.7. The second kappa shape index (κ2) is 10.2. The molecule has 0 fully saturated rings. The van der Waals surface area contributed by atoms with Crippen LogP contribution in [0.4, 0.5) is 11.4 Å². The summed E-state index contributed by atoms with van der Waals surface area (Å²) in [6, 6.07) is 20.5. The molecule has 0 aliphatic heterocycles. The van der Waals surface area contributed by atoms with Gasteiger partial charge in [0.25, 0.3) is 5.91 Å². The second-order valence-electron chi connectivity index (χ2n) is 6.57. The molecule has 31 heavy (non-hydrogen) atoms. The molecule has 3 aromatic rings. The van der Waals surface area contributed by atoms with Crippen LogP contribution in [0.5, 0.6) is 0 Å².